The molecule has 0 rings (SSSR count). The number of hydrogen-bond donors (Lipinski definition) is 2. The normalized spacial score (nSPS) is 3.43. The molecule has 0 amide bonds. The first kappa shape index (κ1) is 23.9. The summed E-state index contributed by atoms with van der Waals surface area (Å²) in [6.45, 7) is 0. The van der Waals surface area contributed by atoms with Gasteiger partial charge in [-0.25, -0.2) is 4.79 Å². The van der Waals surface area contributed by atoms with Crippen LogP contribution in [0.5, 0.6) is 0 Å². The van der Waals surface area contributed by atoms with Crippen molar-refractivity contribution in [3.63, 3.8) is 0 Å². The van der Waals surface area contributed by atoms with Crippen LogP contribution in [0.15, 0.2) is 0 Å². The summed E-state index contributed by atoms with van der Waals surface area (Å²) in [5.74, 6) is 0. The first-order valence-electron chi connectivity index (χ1n) is 0.651. The van der Waals surface area contributed by atoms with Crippen LogP contribution in [0.25, 0.3) is 0 Å². The average molecular weight is 231 g/mol. The van der Waals surface area contributed by atoms with Crippen molar-refractivity contribution in [2.75, 3.05) is 0 Å². The molecule has 0 aliphatic rings. The summed E-state index contributed by atoms with van der Waals surface area (Å²) in [4.78, 5) is 8.56. The first-order chi connectivity index (χ1) is 1.73. The summed E-state index contributed by atoms with van der Waals surface area (Å²) in [7, 11) is 0. The van der Waals surface area contributed by atoms with Gasteiger partial charge in [0.25, 0.3) is 0 Å². The third kappa shape index (κ3) is 117. The average Bonchev–Trinajstić information content (AvgIpc) is 0.811. The Morgan fingerprint density at radius 1 is 1.29 bits per heavy atom. The molecular weight excluding hydrogens is 229 g/mol. The van der Waals surface area contributed by atoms with Crippen molar-refractivity contribution in [3.05, 3.63) is 0 Å². The third-order valence-corrected chi connectivity index (χ3v) is 0. The minimum absolute atomic E-state index is 0. The van der Waals surface area contributed by atoms with E-state index in [0.717, 1.165) is 0 Å². The van der Waals surface area contributed by atoms with E-state index in [4.69, 9.17) is 15.0 Å². The molecule has 7 heavy (non-hydrogen) atoms. The zero-order valence-corrected chi connectivity index (χ0v) is 10.1. The molecule has 0 heterocycles. The molecule has 0 aromatic rings. The summed E-state index contributed by atoms with van der Waals surface area (Å²) >= 11 is 0. The molecule has 0 aromatic carbocycles. The van der Waals surface area contributed by atoms with E-state index in [1.165, 1.54) is 0 Å². The van der Waals surface area contributed by atoms with E-state index in [0.29, 0.717) is 0 Å². The van der Waals surface area contributed by atoms with Crippen LogP contribution >= 0.6 is 0 Å². The molecule has 6 heteroatoms. The van der Waals surface area contributed by atoms with Gasteiger partial charge >= 0.3 is 71.1 Å². The molecule has 0 atom stereocenters. The van der Waals surface area contributed by atoms with Crippen LogP contribution in [0.1, 0.15) is 0 Å². The Hall–Kier alpha value is 1.33. The molecule has 4 nitrogen and oxygen atoms in total. The van der Waals surface area contributed by atoms with Crippen molar-refractivity contribution in [1.82, 2.24) is 0 Å². The molecule has 0 aliphatic carbocycles. The molecule has 0 bridgehead atoms. The van der Waals surface area contributed by atoms with Gasteiger partial charge in [-0.1, -0.05) is 0 Å². The van der Waals surface area contributed by atoms with E-state index in [9.17, 15) is 0 Å². The van der Waals surface area contributed by atoms with Crippen LogP contribution in [-0.2, 0) is 25.0 Å². The second kappa shape index (κ2) is 15.7. The van der Waals surface area contributed by atoms with Gasteiger partial charge in [0.2, 0.25) is 0 Å². The van der Waals surface area contributed by atoms with Gasteiger partial charge in [0.05, 0.1) is 0 Å². The predicted octanol–water partition coefficient (Wildman–Crippen LogP) is -0.280. The van der Waals surface area contributed by atoms with Crippen LogP contribution in [0, 0.1) is 0 Å². The van der Waals surface area contributed by atoms with E-state index in [1.807, 2.05) is 0 Å². The molecule has 0 aliphatic heterocycles. The van der Waals surface area contributed by atoms with Gasteiger partial charge in [0.1, 0.15) is 0 Å². The topological polar surface area (TPSA) is 86.0 Å². The fraction of sp³-hybridized carbons (Fsp3) is 0. The number of carboxylic acid groups (broad SMARTS) is 2. The molecule has 0 fully saturated rings. The zero-order chi connectivity index (χ0) is 3.58. The van der Waals surface area contributed by atoms with Gasteiger partial charge in [-0.2, -0.15) is 0 Å². The summed E-state index contributed by atoms with van der Waals surface area (Å²) in [5, 5.41) is 13.9. The molecule has 0 spiro atoms. The molecule has 0 unspecified atom stereocenters. The summed E-state index contributed by atoms with van der Waals surface area (Å²) in [5.41, 5.74) is 0. The van der Waals surface area contributed by atoms with Gasteiger partial charge in [-0.05, 0) is 0 Å². The fourth-order valence-electron chi connectivity index (χ4n) is 0. The molecular formula is CH2O4SrZn+2. The maximum Gasteiger partial charge on any atom is 2.00 e. The van der Waals surface area contributed by atoms with Crippen molar-refractivity contribution in [1.29, 1.82) is 0 Å². The molecule has 0 saturated carbocycles. The van der Waals surface area contributed by atoms with Gasteiger partial charge in [0.15, 0.2) is 0 Å². The summed E-state index contributed by atoms with van der Waals surface area (Å²) < 4.78 is 0. The Balaban J connectivity index is -0.0000000150. The summed E-state index contributed by atoms with van der Waals surface area (Å²) in [6.07, 6.45) is -1.83. The molecule has 32 valence electrons. The van der Waals surface area contributed by atoms with Gasteiger partial charge < -0.3 is 15.7 Å². The van der Waals surface area contributed by atoms with Crippen molar-refractivity contribution in [3.8, 4) is 0 Å². The van der Waals surface area contributed by atoms with E-state index < -0.39 is 6.16 Å². The van der Waals surface area contributed by atoms with Crippen LogP contribution in [0.2, 0.25) is 0 Å². The van der Waals surface area contributed by atoms with E-state index in [1.54, 1.807) is 0 Å². The van der Waals surface area contributed by atoms with Crippen LogP contribution in [0.4, 0.5) is 4.79 Å². The molecule has 0 saturated heterocycles. The Bertz CT molecular complexity index is 34.7. The van der Waals surface area contributed by atoms with E-state index in [2.05, 4.69) is 0 Å². The fourth-order valence-corrected chi connectivity index (χ4v) is 0. The maximum atomic E-state index is 8.56. The summed E-state index contributed by atoms with van der Waals surface area (Å²) in [6, 6.07) is 0. The monoisotopic (exact) mass is 230 g/mol. The smallest absolute Gasteiger partial charge is 2.00 e. The van der Waals surface area contributed by atoms with E-state index in [-0.39, 0.29) is 70.4 Å². The predicted molar refractivity (Wildman–Crippen MR) is 17.1 cm³/mol. The van der Waals surface area contributed by atoms with Gasteiger partial charge in [0, 0.05) is 0 Å². The van der Waals surface area contributed by atoms with Crippen molar-refractivity contribution >= 4 is 51.6 Å². The first-order valence-corrected chi connectivity index (χ1v) is 0.651. The minimum atomic E-state index is -1.83. The van der Waals surface area contributed by atoms with Crippen LogP contribution in [-0.4, -0.2) is 61.9 Å². The molecule has 0 aromatic heterocycles. The Morgan fingerprint density at radius 2 is 1.29 bits per heavy atom. The second-order valence-corrected chi connectivity index (χ2v) is 0.283. The molecule has 0 radical (unpaired) electrons. The largest absolute Gasteiger partial charge is 2.00 e. The maximum absolute atomic E-state index is 8.56. The van der Waals surface area contributed by atoms with Gasteiger partial charge in [-0.3, -0.25) is 0 Å². The SMILES string of the molecule is O=C(O)O.[O-2].[Sr+2].[Zn+2]. The van der Waals surface area contributed by atoms with Crippen LogP contribution in [0.3, 0.4) is 0 Å². The zero-order valence-electron chi connectivity index (χ0n) is 3.63. The van der Waals surface area contributed by atoms with Crippen molar-refractivity contribution in [2.24, 2.45) is 0 Å². The number of hydrogen-bond acceptors (Lipinski definition) is 1. The minimum Gasteiger partial charge on any atom is -2.00 e. The standard InChI is InChI=1S/CH2O3.O.Sr.Zn/c2-1(3)4;;;/h(H2,2,3,4);;;/q;-2;2*+2. The Kier molecular flexibility index (Phi) is 53.4. The molecule has 2 N–H and O–H groups in total. The van der Waals surface area contributed by atoms with Crippen LogP contribution < -0.4 is 0 Å². The Labute approximate surface area is 90.2 Å². The van der Waals surface area contributed by atoms with E-state index >= 15 is 0 Å². The third-order valence-electron chi connectivity index (χ3n) is 0. The number of rotatable bonds is 0. The van der Waals surface area contributed by atoms with Crippen molar-refractivity contribution < 1.29 is 40.0 Å². The second-order valence-electron chi connectivity index (χ2n) is 0.283. The van der Waals surface area contributed by atoms with Crippen molar-refractivity contribution in [2.45, 2.75) is 0 Å². The van der Waals surface area contributed by atoms with Gasteiger partial charge in [-0.15, -0.1) is 0 Å². The Morgan fingerprint density at radius 3 is 1.29 bits per heavy atom. The quantitative estimate of drug-likeness (QED) is 0.562. The number of carbonyl (C=O) groups is 1.